The van der Waals surface area contributed by atoms with E-state index in [0.29, 0.717) is 0 Å². The van der Waals surface area contributed by atoms with E-state index in [4.69, 9.17) is 4.98 Å². The van der Waals surface area contributed by atoms with Crippen LogP contribution in [0.5, 0.6) is 0 Å². The number of hydrogen-bond acceptors (Lipinski definition) is 2. The molecule has 2 aromatic rings. The second-order valence-electron chi connectivity index (χ2n) is 5.54. The lowest BCUT2D eigenvalue weighted by Gasteiger charge is -2.28. The van der Waals surface area contributed by atoms with Crippen LogP contribution in [-0.4, -0.2) is 17.5 Å². The Bertz CT molecular complexity index is 668. The van der Waals surface area contributed by atoms with E-state index in [-0.39, 0.29) is 0 Å². The Morgan fingerprint density at radius 2 is 1.95 bits per heavy atom. The van der Waals surface area contributed by atoms with Gasteiger partial charge in [-0.3, -0.25) is 4.98 Å². The largest absolute Gasteiger partial charge is 0.253 e. The van der Waals surface area contributed by atoms with E-state index in [0.717, 1.165) is 35.9 Å². The molecule has 0 unspecified atom stereocenters. The molecule has 0 spiro atoms. The number of pyridine rings is 1. The Hall–Kier alpha value is -1.53. The van der Waals surface area contributed by atoms with Gasteiger partial charge in [-0.15, -0.1) is 10.0 Å². The molecule has 0 amide bonds. The second-order valence-corrected chi connectivity index (χ2v) is 8.79. The average Bonchev–Trinajstić information content (AvgIpc) is 2.44. The molecule has 0 N–H and O–H groups in total. The fourth-order valence-electron chi connectivity index (χ4n) is 2.61. The zero-order valence-corrected chi connectivity index (χ0v) is 13.5. The van der Waals surface area contributed by atoms with Crippen LogP contribution < -0.4 is 0 Å². The van der Waals surface area contributed by atoms with Crippen molar-refractivity contribution in [3.63, 3.8) is 0 Å². The molecule has 106 valence electrons. The van der Waals surface area contributed by atoms with E-state index < -0.39 is 10.0 Å². The van der Waals surface area contributed by atoms with Crippen LogP contribution in [0.3, 0.4) is 0 Å². The summed E-state index contributed by atoms with van der Waals surface area (Å²) in [6.07, 6.45) is 7.50. The topological polar surface area (TPSA) is 36.7 Å². The molecule has 2 nitrogen and oxygen atoms in total. The zero-order chi connectivity index (χ0) is 14.8. The van der Waals surface area contributed by atoms with Gasteiger partial charge in [-0.1, -0.05) is 31.5 Å². The third-order valence-corrected chi connectivity index (χ3v) is 5.61. The molecule has 0 saturated carbocycles. The minimum absolute atomic E-state index is 1.01. The molecule has 0 aliphatic heterocycles. The van der Waals surface area contributed by atoms with Crippen molar-refractivity contribution in [3.8, 4) is 5.40 Å². The quantitative estimate of drug-likeness (QED) is 0.758. The Kier molecular flexibility index (Phi) is 4.35. The standard InChI is InChI=1S/C17H22N2S/c1-5-6-9-14-13(2)19-16-11-8-7-10-15(16)17(14)20(3,4)12-18/h7-8,10-11H,5-6,9H2,1-4H3. The smallest absolute Gasteiger partial charge is 0.117 e. The predicted molar refractivity (Wildman–Crippen MR) is 88.4 cm³/mol. The summed E-state index contributed by atoms with van der Waals surface area (Å²) in [4.78, 5) is 5.99. The number of rotatable bonds is 4. The predicted octanol–water partition coefficient (Wildman–Crippen LogP) is 4.79. The molecule has 20 heavy (non-hydrogen) atoms. The van der Waals surface area contributed by atoms with Gasteiger partial charge in [0.05, 0.1) is 5.52 Å². The number of thiocyanates is 1. The molecule has 1 aromatic carbocycles. The van der Waals surface area contributed by atoms with Crippen molar-refractivity contribution in [1.29, 1.82) is 5.26 Å². The fourth-order valence-corrected chi connectivity index (χ4v) is 4.29. The number of para-hydroxylation sites is 1. The van der Waals surface area contributed by atoms with Gasteiger partial charge in [-0.2, -0.15) is 5.26 Å². The monoisotopic (exact) mass is 286 g/mol. The highest BCUT2D eigenvalue weighted by atomic mass is 32.3. The van der Waals surface area contributed by atoms with E-state index in [1.807, 2.05) is 18.2 Å². The Balaban J connectivity index is 2.79. The van der Waals surface area contributed by atoms with Gasteiger partial charge in [-0.25, -0.2) is 0 Å². The molecule has 0 radical (unpaired) electrons. The summed E-state index contributed by atoms with van der Waals surface area (Å²) in [5.41, 5.74) is 3.39. The summed E-state index contributed by atoms with van der Waals surface area (Å²) < 4.78 is 0. The highest BCUT2D eigenvalue weighted by molar-refractivity contribution is 8.36. The normalized spacial score (nSPS) is 12.3. The first kappa shape index (κ1) is 14.9. The minimum atomic E-state index is -1.44. The van der Waals surface area contributed by atoms with Gasteiger partial charge in [0.15, 0.2) is 0 Å². The molecular formula is C17H22N2S. The first-order valence-electron chi connectivity index (χ1n) is 7.03. The van der Waals surface area contributed by atoms with Crippen LogP contribution in [0.1, 0.15) is 31.0 Å². The highest BCUT2D eigenvalue weighted by Gasteiger charge is 2.23. The highest BCUT2D eigenvalue weighted by Crippen LogP contribution is 2.53. The Morgan fingerprint density at radius 1 is 1.25 bits per heavy atom. The summed E-state index contributed by atoms with van der Waals surface area (Å²) >= 11 is 0. The van der Waals surface area contributed by atoms with E-state index >= 15 is 0 Å². The Morgan fingerprint density at radius 3 is 2.60 bits per heavy atom. The van der Waals surface area contributed by atoms with Crippen molar-refractivity contribution in [2.45, 2.75) is 38.0 Å². The number of nitriles is 1. The zero-order valence-electron chi connectivity index (χ0n) is 12.7. The van der Waals surface area contributed by atoms with Gasteiger partial charge in [0.25, 0.3) is 0 Å². The number of aryl methyl sites for hydroxylation is 1. The first-order valence-corrected chi connectivity index (χ1v) is 9.48. The number of benzene rings is 1. The third kappa shape index (κ3) is 2.66. The van der Waals surface area contributed by atoms with Crippen molar-refractivity contribution in [3.05, 3.63) is 35.5 Å². The maximum atomic E-state index is 9.61. The molecule has 0 aliphatic carbocycles. The van der Waals surface area contributed by atoms with Crippen LogP contribution in [0, 0.1) is 17.6 Å². The van der Waals surface area contributed by atoms with Crippen LogP contribution in [0.25, 0.3) is 10.9 Å². The lowest BCUT2D eigenvalue weighted by Crippen LogP contribution is -2.05. The van der Waals surface area contributed by atoms with Crippen molar-refractivity contribution >= 4 is 20.9 Å². The number of aromatic nitrogens is 1. The van der Waals surface area contributed by atoms with Crippen LogP contribution in [0.2, 0.25) is 0 Å². The SMILES string of the molecule is CCCCc1c(C)nc2ccccc2c1S(C)(C)C#N. The molecule has 0 saturated heterocycles. The number of fused-ring (bicyclic) bond motifs is 1. The maximum absolute atomic E-state index is 9.61. The minimum Gasteiger partial charge on any atom is -0.253 e. The summed E-state index contributed by atoms with van der Waals surface area (Å²) in [6, 6.07) is 8.21. The van der Waals surface area contributed by atoms with Gasteiger partial charge >= 0.3 is 0 Å². The maximum Gasteiger partial charge on any atom is 0.117 e. The van der Waals surface area contributed by atoms with Crippen LogP contribution >= 0.6 is 10.0 Å². The van der Waals surface area contributed by atoms with Crippen molar-refractivity contribution in [2.75, 3.05) is 12.5 Å². The first-order chi connectivity index (χ1) is 9.51. The summed E-state index contributed by atoms with van der Waals surface area (Å²) in [5.74, 6) is 0. The van der Waals surface area contributed by atoms with Crippen molar-refractivity contribution in [2.24, 2.45) is 0 Å². The second kappa shape index (κ2) is 5.85. The fraction of sp³-hybridized carbons (Fsp3) is 0.412. The van der Waals surface area contributed by atoms with Gasteiger partial charge in [0.2, 0.25) is 0 Å². The summed E-state index contributed by atoms with van der Waals surface area (Å²) in [7, 11) is -1.44. The lowest BCUT2D eigenvalue weighted by molar-refractivity contribution is 0.777. The molecule has 3 heteroatoms. The number of unbranched alkanes of at least 4 members (excludes halogenated alkanes) is 1. The van der Waals surface area contributed by atoms with Crippen LogP contribution in [-0.2, 0) is 6.42 Å². The molecule has 0 aliphatic rings. The molecule has 0 bridgehead atoms. The molecule has 1 heterocycles. The number of hydrogen-bond donors (Lipinski definition) is 0. The molecule has 0 fully saturated rings. The van der Waals surface area contributed by atoms with E-state index in [1.54, 1.807) is 0 Å². The Labute approximate surface area is 123 Å². The van der Waals surface area contributed by atoms with Gasteiger partial charge in [0, 0.05) is 16.0 Å². The van der Waals surface area contributed by atoms with Crippen molar-refractivity contribution in [1.82, 2.24) is 4.98 Å². The van der Waals surface area contributed by atoms with E-state index in [1.165, 1.54) is 10.5 Å². The van der Waals surface area contributed by atoms with Gasteiger partial charge in [0.1, 0.15) is 5.40 Å². The van der Waals surface area contributed by atoms with Gasteiger partial charge in [-0.05, 0) is 43.9 Å². The molecule has 0 atom stereocenters. The van der Waals surface area contributed by atoms with Crippen LogP contribution in [0.4, 0.5) is 0 Å². The lowest BCUT2D eigenvalue weighted by atomic mass is 10.0. The molecular weight excluding hydrogens is 264 g/mol. The van der Waals surface area contributed by atoms with Crippen molar-refractivity contribution < 1.29 is 0 Å². The number of nitrogens with zero attached hydrogens (tertiary/aromatic N) is 2. The average molecular weight is 286 g/mol. The summed E-state index contributed by atoms with van der Waals surface area (Å²) in [5, 5.41) is 13.3. The van der Waals surface area contributed by atoms with Crippen LogP contribution in [0.15, 0.2) is 29.2 Å². The van der Waals surface area contributed by atoms with Gasteiger partial charge < -0.3 is 0 Å². The van der Waals surface area contributed by atoms with E-state index in [2.05, 4.69) is 37.8 Å². The molecule has 1 aromatic heterocycles. The third-order valence-electron chi connectivity index (χ3n) is 3.67. The van der Waals surface area contributed by atoms with E-state index in [9.17, 15) is 5.26 Å². The summed E-state index contributed by atoms with van der Waals surface area (Å²) in [6.45, 7) is 4.28. The molecule has 2 rings (SSSR count).